The van der Waals surface area contributed by atoms with Crippen molar-refractivity contribution in [3.05, 3.63) is 59.1 Å². The van der Waals surface area contributed by atoms with Crippen molar-refractivity contribution in [2.45, 2.75) is 5.75 Å². The lowest BCUT2D eigenvalue weighted by molar-refractivity contribution is 0.102. The molecule has 0 spiro atoms. The van der Waals surface area contributed by atoms with Crippen LogP contribution in [-0.4, -0.2) is 17.1 Å². The topological polar surface area (TPSA) is 42.0 Å². The maximum absolute atomic E-state index is 12.4. The molecule has 1 aromatic heterocycles. The quantitative estimate of drug-likeness (QED) is 0.775. The fourth-order valence-electron chi connectivity index (χ4n) is 2.17. The van der Waals surface area contributed by atoms with Crippen LogP contribution in [0.4, 0.5) is 5.13 Å². The second-order valence-electron chi connectivity index (χ2n) is 4.56. The Morgan fingerprint density at radius 1 is 1.24 bits per heavy atom. The van der Waals surface area contributed by atoms with E-state index in [9.17, 15) is 4.79 Å². The first kappa shape index (κ1) is 14.1. The monoisotopic (exact) mass is 314 g/mol. The van der Waals surface area contributed by atoms with Crippen LogP contribution in [0.2, 0.25) is 0 Å². The van der Waals surface area contributed by atoms with Crippen molar-refractivity contribution in [1.29, 1.82) is 0 Å². The van der Waals surface area contributed by atoms with E-state index in [1.165, 1.54) is 11.3 Å². The summed E-state index contributed by atoms with van der Waals surface area (Å²) in [5.41, 5.74) is 1.68. The molecule has 0 aliphatic heterocycles. The Kier molecular flexibility index (Phi) is 4.22. The molecule has 0 bridgehead atoms. The Balaban J connectivity index is 1.86. The number of thiazole rings is 1. The van der Waals surface area contributed by atoms with Gasteiger partial charge in [0.2, 0.25) is 0 Å². The van der Waals surface area contributed by atoms with Gasteiger partial charge in [-0.3, -0.25) is 10.1 Å². The number of hydrogen-bond donors (Lipinski definition) is 1. The van der Waals surface area contributed by atoms with Gasteiger partial charge in [-0.05, 0) is 23.1 Å². The van der Waals surface area contributed by atoms with E-state index in [0.717, 1.165) is 22.2 Å². The molecular formula is C16H14N2OS2. The van der Waals surface area contributed by atoms with E-state index in [0.29, 0.717) is 10.7 Å². The van der Waals surface area contributed by atoms with Crippen molar-refractivity contribution in [1.82, 2.24) is 4.98 Å². The summed E-state index contributed by atoms with van der Waals surface area (Å²) in [6.45, 7) is 0. The average molecular weight is 314 g/mol. The highest BCUT2D eigenvalue weighted by Crippen LogP contribution is 2.22. The summed E-state index contributed by atoms with van der Waals surface area (Å²) in [6.07, 6.45) is 2.04. The summed E-state index contributed by atoms with van der Waals surface area (Å²) in [4.78, 5) is 16.9. The van der Waals surface area contributed by atoms with Crippen molar-refractivity contribution < 1.29 is 4.79 Å². The van der Waals surface area contributed by atoms with Gasteiger partial charge in [0.05, 0.1) is 5.69 Å². The van der Waals surface area contributed by atoms with Crippen LogP contribution >= 0.6 is 23.1 Å². The minimum Gasteiger partial charge on any atom is -0.298 e. The SMILES string of the molecule is CSCc1csc(NC(=O)c2cccc3ccccc23)n1. The zero-order valence-electron chi connectivity index (χ0n) is 11.5. The highest BCUT2D eigenvalue weighted by molar-refractivity contribution is 7.97. The molecule has 0 fully saturated rings. The summed E-state index contributed by atoms with van der Waals surface area (Å²) in [6, 6.07) is 13.6. The Bertz CT molecular complexity index is 777. The molecule has 1 heterocycles. The number of aromatic nitrogens is 1. The predicted molar refractivity (Wildman–Crippen MR) is 91.2 cm³/mol. The van der Waals surface area contributed by atoms with Crippen molar-refractivity contribution in [2.75, 3.05) is 11.6 Å². The summed E-state index contributed by atoms with van der Waals surface area (Å²) in [5, 5.41) is 7.54. The maximum Gasteiger partial charge on any atom is 0.258 e. The molecule has 5 heteroatoms. The highest BCUT2D eigenvalue weighted by Gasteiger charge is 2.11. The lowest BCUT2D eigenvalue weighted by Gasteiger charge is -2.05. The Labute approximate surface area is 131 Å². The number of fused-ring (bicyclic) bond motifs is 1. The number of carbonyl (C=O) groups excluding carboxylic acids is 1. The van der Waals surface area contributed by atoms with Crippen LogP contribution in [0.25, 0.3) is 10.8 Å². The molecule has 1 amide bonds. The third-order valence-corrected chi connectivity index (χ3v) is 4.49. The number of rotatable bonds is 4. The smallest absolute Gasteiger partial charge is 0.258 e. The molecule has 3 nitrogen and oxygen atoms in total. The van der Waals surface area contributed by atoms with Gasteiger partial charge in [0.25, 0.3) is 5.91 Å². The van der Waals surface area contributed by atoms with Crippen LogP contribution in [-0.2, 0) is 5.75 Å². The van der Waals surface area contributed by atoms with E-state index in [-0.39, 0.29) is 5.91 Å². The molecule has 0 saturated carbocycles. The average Bonchev–Trinajstić information content (AvgIpc) is 2.94. The molecule has 0 aliphatic carbocycles. The lowest BCUT2D eigenvalue weighted by atomic mass is 10.0. The van der Waals surface area contributed by atoms with Gasteiger partial charge in [0.1, 0.15) is 0 Å². The van der Waals surface area contributed by atoms with Crippen molar-refractivity contribution in [3.63, 3.8) is 0 Å². The largest absolute Gasteiger partial charge is 0.298 e. The zero-order chi connectivity index (χ0) is 14.7. The minimum absolute atomic E-state index is 0.114. The second kappa shape index (κ2) is 6.28. The van der Waals surface area contributed by atoms with E-state index in [2.05, 4.69) is 10.3 Å². The maximum atomic E-state index is 12.4. The van der Waals surface area contributed by atoms with Gasteiger partial charge in [0.15, 0.2) is 5.13 Å². The van der Waals surface area contributed by atoms with E-state index < -0.39 is 0 Å². The van der Waals surface area contributed by atoms with Gasteiger partial charge in [-0.2, -0.15) is 11.8 Å². The summed E-state index contributed by atoms with van der Waals surface area (Å²) >= 11 is 3.18. The third kappa shape index (κ3) is 3.09. The van der Waals surface area contributed by atoms with Gasteiger partial charge >= 0.3 is 0 Å². The molecule has 106 valence electrons. The molecule has 0 saturated heterocycles. The van der Waals surface area contributed by atoms with Gasteiger partial charge < -0.3 is 0 Å². The fraction of sp³-hybridized carbons (Fsp3) is 0.125. The van der Waals surface area contributed by atoms with E-state index >= 15 is 0 Å². The molecule has 0 radical (unpaired) electrons. The summed E-state index contributed by atoms with van der Waals surface area (Å²) < 4.78 is 0. The third-order valence-electron chi connectivity index (χ3n) is 3.10. The molecule has 0 aliphatic rings. The molecule has 0 atom stereocenters. The Morgan fingerprint density at radius 2 is 2.05 bits per heavy atom. The molecule has 3 rings (SSSR count). The predicted octanol–water partition coefficient (Wildman–Crippen LogP) is 4.41. The normalized spacial score (nSPS) is 10.7. The number of amides is 1. The molecule has 21 heavy (non-hydrogen) atoms. The van der Waals surface area contributed by atoms with E-state index in [4.69, 9.17) is 0 Å². The Hall–Kier alpha value is -1.85. The highest BCUT2D eigenvalue weighted by atomic mass is 32.2. The van der Waals surface area contributed by atoms with Gasteiger partial charge in [-0.25, -0.2) is 4.98 Å². The summed E-state index contributed by atoms with van der Waals surface area (Å²) in [7, 11) is 0. The van der Waals surface area contributed by atoms with Crippen molar-refractivity contribution in [3.8, 4) is 0 Å². The van der Waals surface area contributed by atoms with Crippen LogP contribution in [0.5, 0.6) is 0 Å². The number of nitrogens with zero attached hydrogens (tertiary/aromatic N) is 1. The number of nitrogens with one attached hydrogen (secondary N) is 1. The van der Waals surface area contributed by atoms with Crippen LogP contribution in [0.3, 0.4) is 0 Å². The fourth-order valence-corrected chi connectivity index (χ4v) is 3.42. The van der Waals surface area contributed by atoms with Crippen LogP contribution < -0.4 is 5.32 Å². The van der Waals surface area contributed by atoms with Crippen molar-refractivity contribution in [2.24, 2.45) is 0 Å². The van der Waals surface area contributed by atoms with Crippen molar-refractivity contribution >= 4 is 44.9 Å². The number of anilines is 1. The standard InChI is InChI=1S/C16H14N2OS2/c1-20-9-12-10-21-16(17-12)18-15(19)14-8-4-6-11-5-2-3-7-13(11)14/h2-8,10H,9H2,1H3,(H,17,18,19). The van der Waals surface area contributed by atoms with Gasteiger partial charge in [0, 0.05) is 16.7 Å². The first-order valence-electron chi connectivity index (χ1n) is 6.50. The minimum atomic E-state index is -0.114. The van der Waals surface area contributed by atoms with E-state index in [1.807, 2.05) is 54.1 Å². The molecule has 1 N–H and O–H groups in total. The molecule has 3 aromatic rings. The summed E-state index contributed by atoms with van der Waals surface area (Å²) in [5.74, 6) is 0.748. The lowest BCUT2D eigenvalue weighted by Crippen LogP contribution is -2.12. The number of benzene rings is 2. The number of thioether (sulfide) groups is 1. The van der Waals surface area contributed by atoms with Crippen LogP contribution in [0, 0.1) is 0 Å². The van der Waals surface area contributed by atoms with Gasteiger partial charge in [-0.15, -0.1) is 11.3 Å². The number of carbonyl (C=O) groups is 1. The van der Waals surface area contributed by atoms with E-state index in [1.54, 1.807) is 11.8 Å². The first-order chi connectivity index (χ1) is 10.3. The van der Waals surface area contributed by atoms with Gasteiger partial charge in [-0.1, -0.05) is 36.4 Å². The molecule has 0 unspecified atom stereocenters. The molecule has 2 aromatic carbocycles. The van der Waals surface area contributed by atoms with Crippen LogP contribution in [0.15, 0.2) is 47.8 Å². The molecular weight excluding hydrogens is 300 g/mol. The number of hydrogen-bond acceptors (Lipinski definition) is 4. The second-order valence-corrected chi connectivity index (χ2v) is 6.28. The van der Waals surface area contributed by atoms with Crippen LogP contribution in [0.1, 0.15) is 16.1 Å². The zero-order valence-corrected chi connectivity index (χ0v) is 13.1. The Morgan fingerprint density at radius 3 is 2.90 bits per heavy atom. The first-order valence-corrected chi connectivity index (χ1v) is 8.78.